The maximum Gasteiger partial charge on any atom is 0.245 e. The molecule has 5 amide bonds. The Kier molecular flexibility index (Phi) is 23.0. The molecule has 3 aromatic rings. The van der Waals surface area contributed by atoms with Gasteiger partial charge in [0.25, 0.3) is 0 Å². The van der Waals surface area contributed by atoms with Crippen molar-refractivity contribution in [3.05, 3.63) is 106 Å². The molecule has 4 atom stereocenters. The highest BCUT2D eigenvalue weighted by Gasteiger charge is 2.34. The lowest BCUT2D eigenvalue weighted by atomic mass is 9.99. The molecule has 3 aromatic carbocycles. The zero-order valence-electron chi connectivity index (χ0n) is 34.6. The summed E-state index contributed by atoms with van der Waals surface area (Å²) in [4.78, 5) is 72.1. The monoisotopic (exact) mass is 907 g/mol. The first-order chi connectivity index (χ1) is 27.7. The molecule has 1 aliphatic heterocycles. The fraction of sp³-hybridized carbons (Fsp3) is 0.477. The van der Waals surface area contributed by atoms with Crippen molar-refractivity contribution in [3.8, 4) is 0 Å². The van der Waals surface area contributed by atoms with E-state index >= 15 is 0 Å². The van der Waals surface area contributed by atoms with Crippen LogP contribution >= 0.6 is 48.0 Å². The minimum Gasteiger partial charge on any atom is -0.343 e. The van der Waals surface area contributed by atoms with Crippen molar-refractivity contribution in [1.82, 2.24) is 25.8 Å². The average molecular weight is 910 g/mol. The smallest absolute Gasteiger partial charge is 0.245 e. The number of halogens is 4. The zero-order chi connectivity index (χ0) is 42.2. The van der Waals surface area contributed by atoms with Crippen molar-refractivity contribution < 1.29 is 24.0 Å². The summed E-state index contributed by atoms with van der Waals surface area (Å²) in [5.41, 5.74) is 14.6. The minimum atomic E-state index is -1.02. The molecule has 1 aliphatic rings. The van der Waals surface area contributed by atoms with Crippen LogP contribution in [0.5, 0.6) is 0 Å². The Labute approximate surface area is 377 Å². The molecule has 0 radical (unpaired) electrons. The van der Waals surface area contributed by atoms with E-state index in [0.29, 0.717) is 68.2 Å². The van der Waals surface area contributed by atoms with E-state index in [9.17, 15) is 24.0 Å². The van der Waals surface area contributed by atoms with Crippen molar-refractivity contribution in [1.29, 1.82) is 0 Å². The highest BCUT2D eigenvalue weighted by Crippen LogP contribution is 2.24. The molecule has 12 nitrogen and oxygen atoms in total. The summed E-state index contributed by atoms with van der Waals surface area (Å²) in [6, 6.07) is 20.0. The number of nitrogens with zero attached hydrogens (tertiary/aromatic N) is 2. The summed E-state index contributed by atoms with van der Waals surface area (Å²) in [6.07, 6.45) is 3.76. The number of amides is 5. The number of likely N-dealkylation sites (tertiary alicyclic amines) is 1. The Morgan fingerprint density at radius 3 is 1.85 bits per heavy atom. The van der Waals surface area contributed by atoms with Crippen LogP contribution in [0.25, 0.3) is 0 Å². The average Bonchev–Trinajstić information content (AvgIpc) is 3.21. The van der Waals surface area contributed by atoms with Crippen LogP contribution < -0.4 is 27.4 Å². The van der Waals surface area contributed by atoms with E-state index in [1.54, 1.807) is 35.0 Å². The van der Waals surface area contributed by atoms with Gasteiger partial charge in [0.05, 0.1) is 22.5 Å². The lowest BCUT2D eigenvalue weighted by Crippen LogP contribution is -2.59. The summed E-state index contributed by atoms with van der Waals surface area (Å²) in [6.45, 7) is 5.16. The van der Waals surface area contributed by atoms with E-state index in [1.807, 2.05) is 74.5 Å². The fourth-order valence-electron chi connectivity index (χ4n) is 7.14. The second kappa shape index (κ2) is 26.4. The highest BCUT2D eigenvalue weighted by atomic mass is 35.5. The molecule has 330 valence electrons. The Morgan fingerprint density at radius 2 is 1.28 bits per heavy atom. The van der Waals surface area contributed by atoms with Crippen LogP contribution in [0.2, 0.25) is 10.0 Å². The lowest BCUT2D eigenvalue weighted by molar-refractivity contribution is -0.140. The standard InChI is InChI=1S/C44H59Cl2N7O5.2ClH/c1-29(2)24-38(51-43(57)39(27-31-14-8-5-9-15-31)50-41(55)36(48)26-30-12-6-4-7-13-30)42(56)49-37(16-10-11-21-47)44(58)53-22-19-33(20-23-53)52(3)40(54)28-32-17-18-34(45)35(46)25-32;;/h4-9,12-15,17-18,25,29,33,36-39H,10-11,16,19-24,26-28,47-48H2,1-3H3,(H,49,56)(H,50,55)(H,51,57);2*1H/t36-,37-,38-,39-;;/m1../s1. The summed E-state index contributed by atoms with van der Waals surface area (Å²) in [5.74, 6) is -1.77. The molecule has 0 unspecified atom stereocenters. The predicted molar refractivity (Wildman–Crippen MR) is 243 cm³/mol. The van der Waals surface area contributed by atoms with Gasteiger partial charge in [-0.1, -0.05) is 104 Å². The van der Waals surface area contributed by atoms with Gasteiger partial charge in [-0.05, 0) is 86.2 Å². The van der Waals surface area contributed by atoms with E-state index in [4.69, 9.17) is 34.7 Å². The Balaban J connectivity index is 0.00000620. The molecule has 1 fully saturated rings. The molecule has 0 aromatic heterocycles. The molecule has 4 rings (SSSR count). The largest absolute Gasteiger partial charge is 0.343 e. The molecular weight excluding hydrogens is 848 g/mol. The van der Waals surface area contributed by atoms with Crippen molar-refractivity contribution in [3.63, 3.8) is 0 Å². The second-order valence-corrected chi connectivity index (χ2v) is 16.4. The first-order valence-electron chi connectivity index (χ1n) is 20.2. The maximum absolute atomic E-state index is 14.1. The number of unbranched alkanes of at least 4 members (excludes halogenated alkanes) is 1. The molecule has 16 heteroatoms. The van der Waals surface area contributed by atoms with Crippen LogP contribution in [0.4, 0.5) is 0 Å². The van der Waals surface area contributed by atoms with Gasteiger partial charge in [-0.25, -0.2) is 0 Å². The van der Waals surface area contributed by atoms with E-state index in [2.05, 4.69) is 16.0 Å². The predicted octanol–water partition coefficient (Wildman–Crippen LogP) is 5.27. The number of piperidine rings is 1. The number of carbonyl (C=O) groups is 5. The molecule has 1 heterocycles. The topological polar surface area (TPSA) is 180 Å². The molecule has 0 spiro atoms. The first-order valence-corrected chi connectivity index (χ1v) is 20.9. The van der Waals surface area contributed by atoms with Crippen LogP contribution in [0.3, 0.4) is 0 Å². The number of nitrogens with two attached hydrogens (primary N) is 2. The van der Waals surface area contributed by atoms with Gasteiger partial charge in [-0.15, -0.1) is 24.8 Å². The number of benzene rings is 3. The number of likely N-dealkylation sites (N-methyl/N-ethyl adjacent to an activating group) is 1. The summed E-state index contributed by atoms with van der Waals surface area (Å²) < 4.78 is 0. The minimum absolute atomic E-state index is 0. The number of nitrogens with one attached hydrogen (secondary N) is 3. The number of hydrogen-bond donors (Lipinski definition) is 5. The van der Waals surface area contributed by atoms with Crippen LogP contribution in [0.15, 0.2) is 78.9 Å². The third-order valence-corrected chi connectivity index (χ3v) is 11.2. The summed E-state index contributed by atoms with van der Waals surface area (Å²) in [5, 5.41) is 9.53. The van der Waals surface area contributed by atoms with E-state index < -0.39 is 41.9 Å². The summed E-state index contributed by atoms with van der Waals surface area (Å²) in [7, 11) is 1.77. The second-order valence-electron chi connectivity index (χ2n) is 15.6. The Hall–Kier alpha value is -3.91. The van der Waals surface area contributed by atoms with E-state index in [1.165, 1.54) is 0 Å². The molecule has 1 saturated heterocycles. The van der Waals surface area contributed by atoms with Gasteiger partial charge in [0.15, 0.2) is 0 Å². The van der Waals surface area contributed by atoms with Crippen molar-refractivity contribution >= 4 is 77.6 Å². The van der Waals surface area contributed by atoms with Crippen LogP contribution in [0, 0.1) is 5.92 Å². The molecule has 0 saturated carbocycles. The highest BCUT2D eigenvalue weighted by molar-refractivity contribution is 6.42. The van der Waals surface area contributed by atoms with Gasteiger partial charge in [-0.3, -0.25) is 24.0 Å². The molecule has 60 heavy (non-hydrogen) atoms. The quantitative estimate of drug-likeness (QED) is 0.0959. The molecular formula is C44H61Cl4N7O5. The van der Waals surface area contributed by atoms with Crippen LogP contribution in [-0.4, -0.2) is 96.2 Å². The fourth-order valence-corrected chi connectivity index (χ4v) is 7.46. The summed E-state index contributed by atoms with van der Waals surface area (Å²) >= 11 is 12.2. The molecule has 0 aliphatic carbocycles. The number of hydrogen-bond acceptors (Lipinski definition) is 7. The van der Waals surface area contributed by atoms with Gasteiger partial charge >= 0.3 is 0 Å². The first kappa shape index (κ1) is 52.2. The number of carbonyl (C=O) groups excluding carboxylic acids is 5. The van der Waals surface area contributed by atoms with E-state index in [-0.39, 0.29) is 67.9 Å². The third kappa shape index (κ3) is 16.5. The maximum atomic E-state index is 14.1. The van der Waals surface area contributed by atoms with Gasteiger partial charge in [-0.2, -0.15) is 0 Å². The number of rotatable bonds is 20. The van der Waals surface area contributed by atoms with Crippen molar-refractivity contribution in [2.75, 3.05) is 26.7 Å². The van der Waals surface area contributed by atoms with Crippen molar-refractivity contribution in [2.24, 2.45) is 17.4 Å². The van der Waals surface area contributed by atoms with Gasteiger partial charge in [0.2, 0.25) is 29.5 Å². The van der Waals surface area contributed by atoms with E-state index in [0.717, 1.165) is 16.7 Å². The normalized spacial score (nSPS) is 14.7. The van der Waals surface area contributed by atoms with Crippen LogP contribution in [-0.2, 0) is 43.2 Å². The van der Waals surface area contributed by atoms with Crippen molar-refractivity contribution in [2.45, 2.75) is 102 Å². The Morgan fingerprint density at radius 1 is 0.733 bits per heavy atom. The molecule has 7 N–H and O–H groups in total. The van der Waals surface area contributed by atoms with Gasteiger partial charge in [0.1, 0.15) is 18.1 Å². The lowest BCUT2D eigenvalue weighted by Gasteiger charge is -2.38. The SMILES string of the molecule is CC(C)C[C@@H](NC(=O)[C@@H](Cc1ccccc1)NC(=O)[C@H](N)Cc1ccccc1)C(=O)N[C@H](CCCCN)C(=O)N1CCC(N(C)C(=O)Cc2ccc(Cl)c(Cl)c2)CC1.Cl.Cl. The molecule has 0 bridgehead atoms. The zero-order valence-corrected chi connectivity index (χ0v) is 37.8. The van der Waals surface area contributed by atoms with Gasteiger partial charge < -0.3 is 37.2 Å². The third-order valence-electron chi connectivity index (χ3n) is 10.5. The van der Waals surface area contributed by atoms with Gasteiger partial charge in [0, 0.05) is 32.6 Å². The van der Waals surface area contributed by atoms with Crippen LogP contribution in [0.1, 0.15) is 69.1 Å². The Bertz CT molecular complexity index is 1820.